The Labute approximate surface area is 176 Å². The molecule has 4 aromatic rings. The van der Waals surface area contributed by atoms with Gasteiger partial charge in [-0.2, -0.15) is 0 Å². The van der Waals surface area contributed by atoms with Crippen molar-refractivity contribution in [1.29, 1.82) is 0 Å². The lowest BCUT2D eigenvalue weighted by atomic mass is 10.00. The molecule has 0 N–H and O–H groups in total. The van der Waals surface area contributed by atoms with Crippen LogP contribution in [0.3, 0.4) is 0 Å². The molecule has 0 aromatic heterocycles. The van der Waals surface area contributed by atoms with Crippen molar-refractivity contribution < 1.29 is 18.4 Å². The molecule has 0 heterocycles. The summed E-state index contributed by atoms with van der Waals surface area (Å²) in [6, 6.07) is 26.1. The maximum Gasteiger partial charge on any atom is 0.499 e. The van der Waals surface area contributed by atoms with Gasteiger partial charge in [-0.1, -0.05) is 93.6 Å². The van der Waals surface area contributed by atoms with E-state index in [-0.39, 0.29) is 0 Å². The van der Waals surface area contributed by atoms with Crippen molar-refractivity contribution in [3.63, 3.8) is 0 Å². The minimum absolute atomic E-state index is 0.356. The lowest BCUT2D eigenvalue weighted by Gasteiger charge is -2.25. The van der Waals surface area contributed by atoms with Gasteiger partial charge >= 0.3 is 7.60 Å². The highest BCUT2D eigenvalue weighted by molar-refractivity contribution is 7.72. The van der Waals surface area contributed by atoms with E-state index < -0.39 is 18.5 Å². The Morgan fingerprint density at radius 2 is 1.07 bits per heavy atom. The molecular weight excluding hydrogens is 395 g/mol. The zero-order valence-electron chi connectivity index (χ0n) is 17.2. The molecule has 152 valence electrons. The molecule has 0 saturated heterocycles. The van der Waals surface area contributed by atoms with Crippen LogP contribution in [-0.2, 0) is 9.36 Å². The van der Waals surface area contributed by atoms with E-state index in [2.05, 4.69) is 0 Å². The lowest BCUT2D eigenvalue weighted by molar-refractivity contribution is -0.119. The third-order valence-electron chi connectivity index (χ3n) is 4.83. The van der Waals surface area contributed by atoms with Gasteiger partial charge in [0.05, 0.1) is 0 Å². The molecule has 0 amide bonds. The molecule has 0 aliphatic heterocycles. The van der Waals surface area contributed by atoms with E-state index in [1.54, 1.807) is 32.9 Å². The van der Waals surface area contributed by atoms with Crippen LogP contribution in [0.1, 0.15) is 20.8 Å². The Morgan fingerprint density at radius 3 is 1.50 bits per heavy atom. The zero-order chi connectivity index (χ0) is 21.4. The number of hydrogen-bond donors (Lipinski definition) is 0. The van der Waals surface area contributed by atoms with E-state index in [0.29, 0.717) is 11.5 Å². The van der Waals surface area contributed by atoms with Gasteiger partial charge in [-0.15, -0.1) is 0 Å². The van der Waals surface area contributed by atoms with E-state index >= 15 is 0 Å². The van der Waals surface area contributed by atoms with Crippen LogP contribution in [0, 0.1) is 5.41 Å². The van der Waals surface area contributed by atoms with Crippen molar-refractivity contribution in [2.75, 3.05) is 0 Å². The molecule has 0 radical (unpaired) electrons. The summed E-state index contributed by atoms with van der Waals surface area (Å²) in [4.78, 5) is 13.3. The number of carbonyl (C=O) groups is 1. The predicted octanol–water partition coefficient (Wildman–Crippen LogP) is 7.22. The van der Waals surface area contributed by atoms with Crippen molar-refractivity contribution in [1.82, 2.24) is 0 Å². The Balaban J connectivity index is 1.83. The van der Waals surface area contributed by atoms with Crippen molar-refractivity contribution in [2.45, 2.75) is 20.8 Å². The third kappa shape index (κ3) is 3.83. The summed E-state index contributed by atoms with van der Waals surface area (Å²) in [5.41, 5.74) is -1.49. The first kappa shape index (κ1) is 20.2. The minimum Gasteiger partial charge on any atom is -0.410 e. The summed E-state index contributed by atoms with van der Waals surface area (Å²) in [7, 11) is -4.22. The van der Waals surface area contributed by atoms with Crippen LogP contribution >= 0.6 is 7.60 Å². The van der Waals surface area contributed by atoms with E-state index in [1.165, 1.54) is 0 Å². The predicted molar refractivity (Wildman–Crippen MR) is 121 cm³/mol. The van der Waals surface area contributed by atoms with Crippen molar-refractivity contribution >= 4 is 34.7 Å². The van der Waals surface area contributed by atoms with Crippen LogP contribution in [0.5, 0.6) is 11.5 Å². The highest BCUT2D eigenvalue weighted by atomic mass is 31.2. The fourth-order valence-corrected chi connectivity index (χ4v) is 5.18. The van der Waals surface area contributed by atoms with Gasteiger partial charge in [-0.25, -0.2) is 4.57 Å². The van der Waals surface area contributed by atoms with Gasteiger partial charge in [0.1, 0.15) is 11.5 Å². The van der Waals surface area contributed by atoms with Gasteiger partial charge in [0, 0.05) is 16.2 Å². The molecule has 0 aliphatic carbocycles. The summed E-state index contributed by atoms with van der Waals surface area (Å²) >= 11 is 0. The fourth-order valence-electron chi connectivity index (χ4n) is 3.32. The summed E-state index contributed by atoms with van der Waals surface area (Å²) < 4.78 is 25.9. The smallest absolute Gasteiger partial charge is 0.410 e. The number of hydrogen-bond acceptors (Lipinski definition) is 4. The van der Waals surface area contributed by atoms with E-state index in [1.807, 2.05) is 72.8 Å². The van der Waals surface area contributed by atoms with Crippen LogP contribution in [0.15, 0.2) is 84.9 Å². The van der Waals surface area contributed by atoms with E-state index in [9.17, 15) is 9.36 Å². The van der Waals surface area contributed by atoms with Crippen LogP contribution < -0.4 is 9.05 Å². The van der Waals surface area contributed by atoms with Gasteiger partial charge < -0.3 is 9.05 Å². The molecule has 0 aliphatic rings. The molecule has 0 spiro atoms. The molecule has 0 unspecified atom stereocenters. The van der Waals surface area contributed by atoms with Crippen LogP contribution in [-0.4, -0.2) is 5.52 Å². The average Bonchev–Trinajstić information content (AvgIpc) is 2.73. The maximum atomic E-state index is 14.0. The van der Waals surface area contributed by atoms with Gasteiger partial charge in [-0.05, 0) is 22.9 Å². The van der Waals surface area contributed by atoms with Gasteiger partial charge in [-0.3, -0.25) is 4.79 Å². The topological polar surface area (TPSA) is 52.6 Å². The Kier molecular flexibility index (Phi) is 5.13. The lowest BCUT2D eigenvalue weighted by Crippen LogP contribution is -2.24. The molecule has 4 nitrogen and oxygen atoms in total. The molecular formula is C25H23O4P. The molecule has 0 bridgehead atoms. The highest BCUT2D eigenvalue weighted by Crippen LogP contribution is 2.55. The average molecular weight is 418 g/mol. The normalized spacial score (nSPS) is 12.1. The van der Waals surface area contributed by atoms with Crippen molar-refractivity contribution in [3.8, 4) is 11.5 Å². The molecule has 5 heteroatoms. The number of carbonyl (C=O) groups excluding carboxylic acids is 1. The quantitative estimate of drug-likeness (QED) is 0.321. The van der Waals surface area contributed by atoms with E-state index in [0.717, 1.165) is 21.5 Å². The monoisotopic (exact) mass is 418 g/mol. The second kappa shape index (κ2) is 7.62. The third-order valence-corrected chi connectivity index (χ3v) is 6.87. The molecule has 4 rings (SSSR count). The first-order valence-electron chi connectivity index (χ1n) is 9.78. The summed E-state index contributed by atoms with van der Waals surface area (Å²) in [6.07, 6.45) is 0. The fraction of sp³-hybridized carbons (Fsp3) is 0.160. The Bertz CT molecular complexity index is 1190. The molecule has 4 aromatic carbocycles. The summed E-state index contributed by atoms with van der Waals surface area (Å²) in [5.74, 6) is 0.712. The van der Waals surface area contributed by atoms with E-state index in [4.69, 9.17) is 9.05 Å². The maximum absolute atomic E-state index is 14.0. The van der Waals surface area contributed by atoms with Crippen LogP contribution in [0.25, 0.3) is 21.5 Å². The second-order valence-electron chi connectivity index (χ2n) is 8.19. The standard InChI is InChI=1S/C25H23O4P/c1-25(2,3)24(26)30(27,28-22-16-8-12-18-10-4-6-14-20(18)22)29-23-17-9-13-19-11-5-7-15-21(19)23/h4-17H,1-3H3. The first-order chi connectivity index (χ1) is 14.3. The number of rotatable bonds is 5. The van der Waals surface area contributed by atoms with Gasteiger partial charge in [0.25, 0.3) is 5.52 Å². The van der Waals surface area contributed by atoms with Crippen molar-refractivity contribution in [2.24, 2.45) is 5.41 Å². The largest absolute Gasteiger partial charge is 0.499 e. The molecule has 0 saturated carbocycles. The van der Waals surface area contributed by atoms with Gasteiger partial charge in [0.2, 0.25) is 0 Å². The minimum atomic E-state index is -4.22. The first-order valence-corrected chi connectivity index (χ1v) is 11.3. The summed E-state index contributed by atoms with van der Waals surface area (Å²) in [5, 5.41) is 3.39. The second-order valence-corrected chi connectivity index (χ2v) is 9.96. The molecule has 0 fully saturated rings. The number of fused-ring (bicyclic) bond motifs is 2. The molecule has 0 atom stereocenters. The van der Waals surface area contributed by atoms with Gasteiger partial charge in [0.15, 0.2) is 0 Å². The van der Waals surface area contributed by atoms with Crippen molar-refractivity contribution in [3.05, 3.63) is 84.9 Å². The Hall–Kier alpha value is -3.10. The zero-order valence-corrected chi connectivity index (χ0v) is 18.1. The highest BCUT2D eigenvalue weighted by Gasteiger charge is 2.45. The van der Waals surface area contributed by atoms with Crippen LogP contribution in [0.4, 0.5) is 0 Å². The Morgan fingerprint density at radius 1 is 0.667 bits per heavy atom. The molecule has 30 heavy (non-hydrogen) atoms. The summed E-state index contributed by atoms with van der Waals surface area (Å²) in [6.45, 7) is 5.13. The number of benzene rings is 4. The van der Waals surface area contributed by atoms with Crippen LogP contribution in [0.2, 0.25) is 0 Å². The SMILES string of the molecule is CC(C)(C)C(=O)P(=O)(Oc1cccc2ccccc12)Oc1cccc2ccccc12.